The zero-order valence-electron chi connectivity index (χ0n) is 10.8. The lowest BCUT2D eigenvalue weighted by atomic mass is 9.92. The Kier molecular flexibility index (Phi) is 3.04. The normalized spacial score (nSPS) is 24.9. The number of hydrogen-bond acceptors (Lipinski definition) is 2. The Bertz CT molecular complexity index is 611. The van der Waals surface area contributed by atoms with Crippen LogP contribution in [0.25, 0.3) is 6.08 Å². The lowest BCUT2D eigenvalue weighted by Gasteiger charge is -2.36. The van der Waals surface area contributed by atoms with Crippen LogP contribution in [0.5, 0.6) is 0 Å². The number of carboxylic acids is 1. The quantitative estimate of drug-likeness (QED) is 0.854. The molecule has 0 aromatic heterocycles. The number of amides is 1. The van der Waals surface area contributed by atoms with Crippen LogP contribution in [0.3, 0.4) is 0 Å². The van der Waals surface area contributed by atoms with Crippen molar-refractivity contribution < 1.29 is 19.1 Å². The zero-order chi connectivity index (χ0) is 14.3. The molecule has 0 bridgehead atoms. The Hall–Kier alpha value is -2.17. The molecule has 2 atom stereocenters. The highest BCUT2D eigenvalue weighted by molar-refractivity contribution is 5.99. The third-order valence-corrected chi connectivity index (χ3v) is 3.98. The maximum Gasteiger partial charge on any atom is 0.308 e. The maximum absolute atomic E-state index is 13.3. The van der Waals surface area contributed by atoms with Gasteiger partial charge in [0.05, 0.1) is 12.0 Å². The Balaban J connectivity index is 1.98. The maximum atomic E-state index is 13.3. The van der Waals surface area contributed by atoms with Crippen LogP contribution in [-0.2, 0) is 4.79 Å². The number of fused-ring (bicyclic) bond motifs is 2. The molecule has 5 heteroatoms. The van der Waals surface area contributed by atoms with E-state index in [1.54, 1.807) is 11.0 Å². The molecular weight excluding hydrogens is 261 g/mol. The van der Waals surface area contributed by atoms with Gasteiger partial charge in [-0.3, -0.25) is 9.59 Å². The van der Waals surface area contributed by atoms with Crippen LogP contribution in [-0.4, -0.2) is 34.5 Å². The largest absolute Gasteiger partial charge is 0.481 e. The van der Waals surface area contributed by atoms with E-state index in [2.05, 4.69) is 0 Å². The van der Waals surface area contributed by atoms with E-state index in [9.17, 15) is 14.0 Å². The predicted molar refractivity (Wildman–Crippen MR) is 70.6 cm³/mol. The molecule has 1 aromatic rings. The smallest absolute Gasteiger partial charge is 0.308 e. The standard InChI is InChI=1S/C15H14FNO3/c16-11-3-6-13-9(7-11)1-4-12-5-2-10(15(19)20)8-17(12)14(13)18/h1,3-4,6-7,10,12H,2,5,8H2,(H,19,20)/t10-,12+/m1/s1. The summed E-state index contributed by atoms with van der Waals surface area (Å²) in [4.78, 5) is 25.2. The molecule has 1 saturated heterocycles. The van der Waals surface area contributed by atoms with E-state index in [0.717, 1.165) is 0 Å². The Labute approximate surface area is 115 Å². The number of carbonyl (C=O) groups is 2. The number of halogens is 1. The van der Waals surface area contributed by atoms with Gasteiger partial charge in [-0.2, -0.15) is 0 Å². The molecule has 20 heavy (non-hydrogen) atoms. The van der Waals surface area contributed by atoms with E-state index in [1.165, 1.54) is 18.2 Å². The minimum atomic E-state index is -0.871. The van der Waals surface area contributed by atoms with Crippen molar-refractivity contribution in [2.45, 2.75) is 18.9 Å². The molecule has 2 aliphatic rings. The van der Waals surface area contributed by atoms with Crippen molar-refractivity contribution in [3.8, 4) is 0 Å². The van der Waals surface area contributed by atoms with Gasteiger partial charge in [-0.1, -0.05) is 12.2 Å². The fraction of sp³-hybridized carbons (Fsp3) is 0.333. The average molecular weight is 275 g/mol. The van der Waals surface area contributed by atoms with E-state index >= 15 is 0 Å². The molecular formula is C15H14FNO3. The van der Waals surface area contributed by atoms with Gasteiger partial charge >= 0.3 is 5.97 Å². The Morgan fingerprint density at radius 2 is 2.15 bits per heavy atom. The summed E-state index contributed by atoms with van der Waals surface area (Å²) >= 11 is 0. The second kappa shape index (κ2) is 4.74. The number of hydrogen-bond donors (Lipinski definition) is 1. The van der Waals surface area contributed by atoms with Crippen LogP contribution >= 0.6 is 0 Å². The summed E-state index contributed by atoms with van der Waals surface area (Å²) in [7, 11) is 0. The van der Waals surface area contributed by atoms with E-state index < -0.39 is 11.9 Å². The van der Waals surface area contributed by atoms with Crippen molar-refractivity contribution in [3.63, 3.8) is 0 Å². The molecule has 0 radical (unpaired) electrons. The predicted octanol–water partition coefficient (Wildman–Crippen LogP) is 2.16. The van der Waals surface area contributed by atoms with Gasteiger partial charge in [0.1, 0.15) is 5.82 Å². The van der Waals surface area contributed by atoms with Crippen molar-refractivity contribution in [2.24, 2.45) is 5.92 Å². The van der Waals surface area contributed by atoms with E-state index in [-0.39, 0.29) is 24.3 Å². The lowest BCUT2D eigenvalue weighted by Crippen LogP contribution is -2.47. The van der Waals surface area contributed by atoms with Gasteiger partial charge in [-0.15, -0.1) is 0 Å². The lowest BCUT2D eigenvalue weighted by molar-refractivity contribution is -0.143. The fourth-order valence-electron chi connectivity index (χ4n) is 2.86. The highest BCUT2D eigenvalue weighted by Gasteiger charge is 2.35. The molecule has 2 aliphatic heterocycles. The van der Waals surface area contributed by atoms with Gasteiger partial charge in [-0.25, -0.2) is 4.39 Å². The first kappa shape index (κ1) is 12.8. The van der Waals surface area contributed by atoms with E-state index in [4.69, 9.17) is 5.11 Å². The van der Waals surface area contributed by atoms with Crippen LogP contribution in [0.2, 0.25) is 0 Å². The number of nitrogens with zero attached hydrogens (tertiary/aromatic N) is 1. The summed E-state index contributed by atoms with van der Waals surface area (Å²) in [6, 6.07) is 3.94. The van der Waals surface area contributed by atoms with Gasteiger partial charge in [0.15, 0.2) is 0 Å². The molecule has 1 amide bonds. The zero-order valence-corrected chi connectivity index (χ0v) is 10.8. The third-order valence-electron chi connectivity index (χ3n) is 3.98. The van der Waals surface area contributed by atoms with E-state index in [0.29, 0.717) is 24.0 Å². The molecule has 4 nitrogen and oxygen atoms in total. The molecule has 0 unspecified atom stereocenters. The van der Waals surface area contributed by atoms with Crippen LogP contribution in [0, 0.1) is 11.7 Å². The third kappa shape index (κ3) is 2.09. The molecule has 1 aromatic carbocycles. The molecule has 104 valence electrons. The number of carboxylic acid groups (broad SMARTS) is 1. The Morgan fingerprint density at radius 3 is 2.90 bits per heavy atom. The van der Waals surface area contributed by atoms with Crippen LogP contribution in [0.1, 0.15) is 28.8 Å². The minimum absolute atomic E-state index is 0.103. The summed E-state index contributed by atoms with van der Waals surface area (Å²) in [5, 5.41) is 9.11. The summed E-state index contributed by atoms with van der Waals surface area (Å²) in [5.41, 5.74) is 0.979. The SMILES string of the molecule is O=C(O)[C@@H]1CC[C@@H]2C=Cc3cc(F)ccc3C(=O)N2C1. The summed E-state index contributed by atoms with van der Waals surface area (Å²) in [6.45, 7) is 0.208. The van der Waals surface area contributed by atoms with Crippen molar-refractivity contribution in [3.05, 3.63) is 41.2 Å². The second-order valence-electron chi connectivity index (χ2n) is 5.23. The van der Waals surface area contributed by atoms with Crippen LogP contribution in [0.15, 0.2) is 24.3 Å². The second-order valence-corrected chi connectivity index (χ2v) is 5.23. The fourth-order valence-corrected chi connectivity index (χ4v) is 2.86. The molecule has 0 spiro atoms. The number of rotatable bonds is 1. The molecule has 3 rings (SSSR count). The van der Waals surface area contributed by atoms with Crippen molar-refractivity contribution in [1.82, 2.24) is 4.90 Å². The number of piperidine rings is 1. The first-order valence-corrected chi connectivity index (χ1v) is 6.58. The molecule has 1 N–H and O–H groups in total. The van der Waals surface area contributed by atoms with Gasteiger partial charge in [0.2, 0.25) is 0 Å². The topological polar surface area (TPSA) is 57.6 Å². The van der Waals surface area contributed by atoms with Crippen LogP contribution in [0.4, 0.5) is 4.39 Å². The highest BCUT2D eigenvalue weighted by atomic mass is 19.1. The number of benzene rings is 1. The summed E-state index contributed by atoms with van der Waals surface area (Å²) < 4.78 is 13.3. The monoisotopic (exact) mass is 275 g/mol. The average Bonchev–Trinajstić information content (AvgIpc) is 2.56. The van der Waals surface area contributed by atoms with Crippen molar-refractivity contribution in [2.75, 3.05) is 6.54 Å². The first-order chi connectivity index (χ1) is 9.56. The number of carbonyl (C=O) groups excluding carboxylic acids is 1. The van der Waals surface area contributed by atoms with Gasteiger partial charge < -0.3 is 10.0 Å². The van der Waals surface area contributed by atoms with Crippen LogP contribution < -0.4 is 0 Å². The molecule has 1 fully saturated rings. The summed E-state index contributed by atoms with van der Waals surface area (Å²) in [5.74, 6) is -2.00. The van der Waals surface area contributed by atoms with Gasteiger partial charge in [-0.05, 0) is 36.6 Å². The highest BCUT2D eigenvalue weighted by Crippen LogP contribution is 2.29. The Morgan fingerprint density at radius 1 is 1.35 bits per heavy atom. The first-order valence-electron chi connectivity index (χ1n) is 6.58. The minimum Gasteiger partial charge on any atom is -0.481 e. The summed E-state index contributed by atoms with van der Waals surface area (Å²) in [6.07, 6.45) is 4.79. The number of aliphatic carboxylic acids is 1. The van der Waals surface area contributed by atoms with Crippen molar-refractivity contribution >= 4 is 18.0 Å². The van der Waals surface area contributed by atoms with E-state index in [1.807, 2.05) is 6.08 Å². The van der Waals surface area contributed by atoms with Gasteiger partial charge in [0.25, 0.3) is 5.91 Å². The van der Waals surface area contributed by atoms with Crippen molar-refractivity contribution in [1.29, 1.82) is 0 Å². The van der Waals surface area contributed by atoms with Gasteiger partial charge in [0, 0.05) is 12.1 Å². The molecule has 0 aliphatic carbocycles. The molecule has 2 heterocycles. The molecule has 0 saturated carbocycles.